The zero-order chi connectivity index (χ0) is 11.1. The lowest BCUT2D eigenvalue weighted by Gasteiger charge is -2.11. The lowest BCUT2D eigenvalue weighted by Crippen LogP contribution is -2.04. The van der Waals surface area contributed by atoms with Crippen molar-refractivity contribution in [2.75, 3.05) is 13.1 Å². The molecule has 0 heterocycles. The molecule has 82 valence electrons. The van der Waals surface area contributed by atoms with E-state index in [1.54, 1.807) is 0 Å². The number of nitrogens with two attached hydrogens (primary N) is 2. The van der Waals surface area contributed by atoms with Crippen LogP contribution in [-0.2, 0) is 0 Å². The van der Waals surface area contributed by atoms with Crippen LogP contribution in [0, 0.1) is 0 Å². The number of rotatable bonds is 5. The van der Waals surface area contributed by atoms with Crippen molar-refractivity contribution in [3.63, 3.8) is 0 Å². The topological polar surface area (TPSA) is 52.0 Å². The number of hydrogen-bond acceptors (Lipinski definition) is 2. The Morgan fingerprint density at radius 2 is 1.60 bits per heavy atom. The van der Waals surface area contributed by atoms with Crippen LogP contribution < -0.4 is 11.5 Å². The molecule has 1 rings (SSSR count). The molecule has 1 aromatic carbocycles. The van der Waals surface area contributed by atoms with Gasteiger partial charge in [-0.05, 0) is 44.0 Å². The fourth-order valence-electron chi connectivity index (χ4n) is 1.76. The molecule has 0 unspecified atom stereocenters. The molecule has 0 aliphatic heterocycles. The van der Waals surface area contributed by atoms with Crippen molar-refractivity contribution >= 4 is 5.57 Å². The minimum absolute atomic E-state index is 0.687. The van der Waals surface area contributed by atoms with Crippen LogP contribution in [0.1, 0.15) is 25.3 Å². The molecule has 0 saturated carbocycles. The molecule has 0 atom stereocenters. The van der Waals surface area contributed by atoms with Crippen LogP contribution in [-0.4, -0.2) is 13.1 Å². The first-order chi connectivity index (χ1) is 7.29. The Morgan fingerprint density at radius 3 is 2.13 bits per heavy atom. The molecular formula is C13H20N2. The van der Waals surface area contributed by atoms with Gasteiger partial charge in [-0.25, -0.2) is 0 Å². The first-order valence-electron chi connectivity index (χ1n) is 5.43. The number of benzene rings is 1. The van der Waals surface area contributed by atoms with E-state index in [0.717, 1.165) is 12.8 Å². The second-order valence-electron chi connectivity index (χ2n) is 3.70. The Morgan fingerprint density at radius 1 is 1.00 bits per heavy atom. The molecule has 0 radical (unpaired) electrons. The normalized spacial score (nSPS) is 12.5. The molecule has 0 fully saturated rings. The summed E-state index contributed by atoms with van der Waals surface area (Å²) < 4.78 is 0. The minimum Gasteiger partial charge on any atom is -0.330 e. The van der Waals surface area contributed by atoms with E-state index in [4.69, 9.17) is 11.5 Å². The van der Waals surface area contributed by atoms with Crippen molar-refractivity contribution in [3.8, 4) is 0 Å². The van der Waals surface area contributed by atoms with Gasteiger partial charge in [0.25, 0.3) is 0 Å². The molecule has 4 N–H and O–H groups in total. The van der Waals surface area contributed by atoms with Crippen molar-refractivity contribution in [1.29, 1.82) is 0 Å². The van der Waals surface area contributed by atoms with E-state index in [1.807, 2.05) is 6.07 Å². The summed E-state index contributed by atoms with van der Waals surface area (Å²) in [5.74, 6) is 0. The Balaban J connectivity index is 2.97. The van der Waals surface area contributed by atoms with Crippen LogP contribution in [0.2, 0.25) is 0 Å². The monoisotopic (exact) mass is 204 g/mol. The predicted octanol–water partition coefficient (Wildman–Crippen LogP) is 2.16. The lowest BCUT2D eigenvalue weighted by molar-refractivity contribution is 0.931. The summed E-state index contributed by atoms with van der Waals surface area (Å²) in [5.41, 5.74) is 15.2. The van der Waals surface area contributed by atoms with Gasteiger partial charge in [-0.2, -0.15) is 0 Å². The molecule has 15 heavy (non-hydrogen) atoms. The maximum atomic E-state index is 5.64. The maximum absolute atomic E-state index is 5.64. The van der Waals surface area contributed by atoms with Gasteiger partial charge in [0.05, 0.1) is 0 Å². The molecule has 2 nitrogen and oxygen atoms in total. The van der Waals surface area contributed by atoms with Gasteiger partial charge in [-0.15, -0.1) is 0 Å². The molecule has 0 bridgehead atoms. The van der Waals surface area contributed by atoms with E-state index < -0.39 is 0 Å². The second-order valence-corrected chi connectivity index (χ2v) is 3.70. The van der Waals surface area contributed by atoms with E-state index in [-0.39, 0.29) is 0 Å². The van der Waals surface area contributed by atoms with Gasteiger partial charge >= 0.3 is 0 Å². The van der Waals surface area contributed by atoms with Crippen LogP contribution in [0.4, 0.5) is 0 Å². The summed E-state index contributed by atoms with van der Waals surface area (Å²) >= 11 is 0. The summed E-state index contributed by atoms with van der Waals surface area (Å²) in [6.45, 7) is 3.53. The fourth-order valence-corrected chi connectivity index (χ4v) is 1.76. The average Bonchev–Trinajstić information content (AvgIpc) is 2.27. The molecule has 0 spiro atoms. The fraction of sp³-hybridized carbons (Fsp3) is 0.385. The van der Waals surface area contributed by atoms with Gasteiger partial charge in [0.1, 0.15) is 0 Å². The Hall–Kier alpha value is -1.12. The van der Waals surface area contributed by atoms with Gasteiger partial charge in [-0.3, -0.25) is 0 Å². The maximum Gasteiger partial charge on any atom is -0.00365 e. The first-order valence-corrected chi connectivity index (χ1v) is 5.43. The Bertz CT molecular complexity index is 315. The molecule has 2 heteroatoms. The van der Waals surface area contributed by atoms with Crippen molar-refractivity contribution in [2.45, 2.75) is 19.8 Å². The SMILES string of the molecule is CC(CCN)=C(CCN)c1ccccc1. The highest BCUT2D eigenvalue weighted by atomic mass is 14.5. The molecule has 1 aromatic rings. The van der Waals surface area contributed by atoms with Crippen molar-refractivity contribution in [2.24, 2.45) is 11.5 Å². The van der Waals surface area contributed by atoms with Crippen molar-refractivity contribution in [1.82, 2.24) is 0 Å². The minimum atomic E-state index is 0.687. The quantitative estimate of drug-likeness (QED) is 0.772. The van der Waals surface area contributed by atoms with E-state index >= 15 is 0 Å². The third-order valence-corrected chi connectivity index (χ3v) is 2.55. The van der Waals surface area contributed by atoms with E-state index in [1.165, 1.54) is 16.7 Å². The zero-order valence-corrected chi connectivity index (χ0v) is 9.37. The largest absolute Gasteiger partial charge is 0.330 e. The van der Waals surface area contributed by atoms with E-state index in [9.17, 15) is 0 Å². The molecule has 0 aliphatic rings. The van der Waals surface area contributed by atoms with Gasteiger partial charge < -0.3 is 11.5 Å². The Labute approximate surface area is 92.0 Å². The third-order valence-electron chi connectivity index (χ3n) is 2.55. The van der Waals surface area contributed by atoms with E-state index in [2.05, 4.69) is 31.2 Å². The van der Waals surface area contributed by atoms with Crippen LogP contribution in [0.5, 0.6) is 0 Å². The van der Waals surface area contributed by atoms with Gasteiger partial charge in [0, 0.05) is 0 Å². The third kappa shape index (κ3) is 3.50. The summed E-state index contributed by atoms with van der Waals surface area (Å²) in [7, 11) is 0. The van der Waals surface area contributed by atoms with Gasteiger partial charge in [0.2, 0.25) is 0 Å². The second kappa shape index (κ2) is 6.38. The predicted molar refractivity (Wildman–Crippen MR) is 66.4 cm³/mol. The summed E-state index contributed by atoms with van der Waals surface area (Å²) in [6.07, 6.45) is 1.88. The molecule has 0 amide bonds. The molecule has 0 aliphatic carbocycles. The van der Waals surface area contributed by atoms with Crippen LogP contribution >= 0.6 is 0 Å². The van der Waals surface area contributed by atoms with Crippen LogP contribution in [0.15, 0.2) is 35.9 Å². The smallest absolute Gasteiger partial charge is 0.00365 e. The van der Waals surface area contributed by atoms with Crippen LogP contribution in [0.3, 0.4) is 0 Å². The van der Waals surface area contributed by atoms with Crippen molar-refractivity contribution in [3.05, 3.63) is 41.5 Å². The van der Waals surface area contributed by atoms with E-state index in [0.29, 0.717) is 13.1 Å². The average molecular weight is 204 g/mol. The highest BCUT2D eigenvalue weighted by Gasteiger charge is 2.04. The Kier molecular flexibility index (Phi) is 5.08. The summed E-state index contributed by atoms with van der Waals surface area (Å²) in [4.78, 5) is 0. The molecule has 0 saturated heterocycles. The highest BCUT2D eigenvalue weighted by Crippen LogP contribution is 2.23. The highest BCUT2D eigenvalue weighted by molar-refractivity contribution is 5.68. The molecule has 0 aromatic heterocycles. The molecular weight excluding hydrogens is 184 g/mol. The summed E-state index contributed by atoms with van der Waals surface area (Å²) in [6, 6.07) is 10.4. The van der Waals surface area contributed by atoms with Crippen LogP contribution in [0.25, 0.3) is 5.57 Å². The van der Waals surface area contributed by atoms with Gasteiger partial charge in [0.15, 0.2) is 0 Å². The number of hydrogen-bond donors (Lipinski definition) is 2. The lowest BCUT2D eigenvalue weighted by atomic mass is 9.96. The zero-order valence-electron chi connectivity index (χ0n) is 9.37. The van der Waals surface area contributed by atoms with Gasteiger partial charge in [-0.1, -0.05) is 35.9 Å². The standard InChI is InChI=1S/C13H20N2/c1-11(7-9-14)13(8-10-15)12-5-3-2-4-6-12/h2-6H,7-10,14-15H2,1H3. The first kappa shape index (κ1) is 12.0. The van der Waals surface area contributed by atoms with Crippen molar-refractivity contribution < 1.29 is 0 Å². The summed E-state index contributed by atoms with van der Waals surface area (Å²) in [5, 5.41) is 0.